The quantitative estimate of drug-likeness (QED) is 0.582. The Hall–Kier alpha value is 0.0200. The van der Waals surface area contributed by atoms with Crippen LogP contribution in [-0.2, 0) is 4.79 Å². The van der Waals surface area contributed by atoms with Gasteiger partial charge in [0.2, 0.25) is 0 Å². The largest absolute Gasteiger partial charge is 0.298 e. The Kier molecular flexibility index (Phi) is 2.40. The Bertz CT molecular complexity index is 144. The SMILES string of the molecule is CSC1(C)CCCCC1=O. The molecule has 1 fully saturated rings. The molecule has 0 amide bonds. The van der Waals surface area contributed by atoms with Crippen LogP contribution < -0.4 is 0 Å². The second-order valence-corrected chi connectivity index (χ2v) is 4.37. The summed E-state index contributed by atoms with van der Waals surface area (Å²) < 4.78 is -0.0434. The highest BCUT2D eigenvalue weighted by Crippen LogP contribution is 2.34. The summed E-state index contributed by atoms with van der Waals surface area (Å²) in [7, 11) is 0. The molecule has 1 unspecified atom stereocenters. The van der Waals surface area contributed by atoms with Crippen molar-refractivity contribution in [2.75, 3.05) is 6.26 Å². The molecule has 0 aromatic rings. The fourth-order valence-electron chi connectivity index (χ4n) is 1.37. The number of hydrogen-bond donors (Lipinski definition) is 0. The van der Waals surface area contributed by atoms with E-state index in [-0.39, 0.29) is 4.75 Å². The van der Waals surface area contributed by atoms with Crippen LogP contribution in [0.2, 0.25) is 0 Å². The van der Waals surface area contributed by atoms with Gasteiger partial charge in [-0.25, -0.2) is 0 Å². The van der Waals surface area contributed by atoms with E-state index < -0.39 is 0 Å². The summed E-state index contributed by atoms with van der Waals surface area (Å²) in [6.07, 6.45) is 6.24. The molecule has 1 saturated carbocycles. The van der Waals surface area contributed by atoms with Gasteiger partial charge < -0.3 is 0 Å². The molecule has 2 heteroatoms. The average Bonchev–Trinajstić information content (AvgIpc) is 1.96. The van der Waals surface area contributed by atoms with Crippen molar-refractivity contribution in [2.24, 2.45) is 0 Å². The zero-order valence-corrected chi connectivity index (χ0v) is 7.46. The van der Waals surface area contributed by atoms with E-state index in [2.05, 4.69) is 6.92 Å². The molecule has 0 bridgehead atoms. The van der Waals surface area contributed by atoms with Gasteiger partial charge in [-0.2, -0.15) is 11.8 Å². The second kappa shape index (κ2) is 2.95. The maximum atomic E-state index is 11.3. The van der Waals surface area contributed by atoms with Gasteiger partial charge in [-0.05, 0) is 26.0 Å². The van der Waals surface area contributed by atoms with E-state index in [9.17, 15) is 4.79 Å². The fraction of sp³-hybridized carbons (Fsp3) is 0.875. The molecule has 58 valence electrons. The Morgan fingerprint density at radius 3 is 2.60 bits per heavy atom. The highest BCUT2D eigenvalue weighted by Gasteiger charge is 2.33. The lowest BCUT2D eigenvalue weighted by Crippen LogP contribution is -2.34. The van der Waals surface area contributed by atoms with Gasteiger partial charge in [0.25, 0.3) is 0 Å². The maximum Gasteiger partial charge on any atom is 0.148 e. The summed E-state index contributed by atoms with van der Waals surface area (Å²) in [4.78, 5) is 11.3. The van der Waals surface area contributed by atoms with Gasteiger partial charge in [-0.3, -0.25) is 4.79 Å². The van der Waals surface area contributed by atoms with Crippen molar-refractivity contribution in [3.05, 3.63) is 0 Å². The van der Waals surface area contributed by atoms with Crippen molar-refractivity contribution < 1.29 is 4.79 Å². The average molecular weight is 158 g/mol. The molecule has 10 heavy (non-hydrogen) atoms. The summed E-state index contributed by atoms with van der Waals surface area (Å²) in [5.74, 6) is 0.450. The van der Waals surface area contributed by atoms with Crippen LogP contribution in [-0.4, -0.2) is 16.8 Å². The van der Waals surface area contributed by atoms with E-state index >= 15 is 0 Å². The Morgan fingerprint density at radius 1 is 1.50 bits per heavy atom. The Morgan fingerprint density at radius 2 is 2.20 bits per heavy atom. The van der Waals surface area contributed by atoms with Crippen molar-refractivity contribution in [3.63, 3.8) is 0 Å². The molecule has 0 aromatic carbocycles. The number of Topliss-reactive ketones (excluding diaryl/α,β-unsaturated/α-hetero) is 1. The standard InChI is InChI=1S/C8H14OS/c1-8(10-2)6-4-3-5-7(8)9/h3-6H2,1-2H3. The van der Waals surface area contributed by atoms with Crippen LogP contribution in [0.25, 0.3) is 0 Å². The normalized spacial score (nSPS) is 34.4. The van der Waals surface area contributed by atoms with Gasteiger partial charge >= 0.3 is 0 Å². The van der Waals surface area contributed by atoms with Crippen LogP contribution in [0.3, 0.4) is 0 Å². The molecule has 0 saturated heterocycles. The van der Waals surface area contributed by atoms with E-state index in [1.807, 2.05) is 6.26 Å². The van der Waals surface area contributed by atoms with Gasteiger partial charge in [0.15, 0.2) is 0 Å². The van der Waals surface area contributed by atoms with E-state index in [1.165, 1.54) is 6.42 Å². The summed E-state index contributed by atoms with van der Waals surface area (Å²) in [5.41, 5.74) is 0. The lowest BCUT2D eigenvalue weighted by atomic mass is 9.89. The van der Waals surface area contributed by atoms with Gasteiger partial charge in [0.05, 0.1) is 4.75 Å². The molecule has 0 aliphatic heterocycles. The third-order valence-corrected chi connectivity index (χ3v) is 3.68. The topological polar surface area (TPSA) is 17.1 Å². The molecular formula is C8H14OS. The predicted molar refractivity (Wildman–Crippen MR) is 45.4 cm³/mol. The van der Waals surface area contributed by atoms with Gasteiger partial charge in [-0.1, -0.05) is 6.42 Å². The molecule has 0 spiro atoms. The molecule has 0 heterocycles. The number of ketones is 1. The maximum absolute atomic E-state index is 11.3. The molecule has 1 atom stereocenters. The summed E-state index contributed by atoms with van der Waals surface area (Å²) in [6, 6.07) is 0. The lowest BCUT2D eigenvalue weighted by molar-refractivity contribution is -0.122. The van der Waals surface area contributed by atoms with E-state index in [0.717, 1.165) is 19.3 Å². The molecule has 0 aromatic heterocycles. The highest BCUT2D eigenvalue weighted by molar-refractivity contribution is 8.00. The first kappa shape index (κ1) is 8.12. The van der Waals surface area contributed by atoms with Crippen LogP contribution in [0.5, 0.6) is 0 Å². The van der Waals surface area contributed by atoms with Crippen molar-refractivity contribution in [2.45, 2.75) is 37.4 Å². The lowest BCUT2D eigenvalue weighted by Gasteiger charge is -2.29. The molecule has 1 nitrogen and oxygen atoms in total. The van der Waals surface area contributed by atoms with Crippen LogP contribution >= 0.6 is 11.8 Å². The van der Waals surface area contributed by atoms with Crippen molar-refractivity contribution in [1.29, 1.82) is 0 Å². The minimum Gasteiger partial charge on any atom is -0.298 e. The Balaban J connectivity index is 2.63. The number of carbonyl (C=O) groups excluding carboxylic acids is 1. The first-order valence-corrected chi connectivity index (χ1v) is 5.00. The molecule has 0 radical (unpaired) electrons. The van der Waals surface area contributed by atoms with Gasteiger partial charge in [0, 0.05) is 6.42 Å². The third-order valence-electron chi connectivity index (χ3n) is 2.35. The van der Waals surface area contributed by atoms with Crippen LogP contribution in [0, 0.1) is 0 Å². The van der Waals surface area contributed by atoms with Crippen molar-refractivity contribution >= 4 is 17.5 Å². The zero-order valence-electron chi connectivity index (χ0n) is 6.64. The molecule has 1 aliphatic carbocycles. The van der Waals surface area contributed by atoms with E-state index in [1.54, 1.807) is 11.8 Å². The molecule has 1 aliphatic rings. The van der Waals surface area contributed by atoms with Gasteiger partial charge in [0.1, 0.15) is 5.78 Å². The van der Waals surface area contributed by atoms with Crippen LogP contribution in [0.1, 0.15) is 32.6 Å². The van der Waals surface area contributed by atoms with Gasteiger partial charge in [-0.15, -0.1) is 0 Å². The number of carbonyl (C=O) groups is 1. The minimum absolute atomic E-state index is 0.0434. The summed E-state index contributed by atoms with van der Waals surface area (Å²) in [5, 5.41) is 0. The molecular weight excluding hydrogens is 144 g/mol. The predicted octanol–water partition coefficient (Wildman–Crippen LogP) is 2.25. The number of hydrogen-bond acceptors (Lipinski definition) is 2. The highest BCUT2D eigenvalue weighted by atomic mass is 32.2. The monoisotopic (exact) mass is 158 g/mol. The van der Waals surface area contributed by atoms with Crippen molar-refractivity contribution in [1.82, 2.24) is 0 Å². The molecule has 1 rings (SSSR count). The van der Waals surface area contributed by atoms with E-state index in [0.29, 0.717) is 5.78 Å². The van der Waals surface area contributed by atoms with E-state index in [4.69, 9.17) is 0 Å². The Labute approximate surface area is 66.6 Å². The summed E-state index contributed by atoms with van der Waals surface area (Å²) >= 11 is 1.71. The van der Waals surface area contributed by atoms with Crippen LogP contribution in [0.4, 0.5) is 0 Å². The smallest absolute Gasteiger partial charge is 0.148 e. The zero-order chi connectivity index (χ0) is 7.61. The molecule has 0 N–H and O–H groups in total. The first-order chi connectivity index (χ1) is 4.69. The fourth-order valence-corrected chi connectivity index (χ4v) is 2.05. The number of thioether (sulfide) groups is 1. The van der Waals surface area contributed by atoms with Crippen LogP contribution in [0.15, 0.2) is 0 Å². The summed E-state index contributed by atoms with van der Waals surface area (Å²) in [6.45, 7) is 2.07. The van der Waals surface area contributed by atoms with Crippen molar-refractivity contribution in [3.8, 4) is 0 Å². The number of rotatable bonds is 1. The first-order valence-electron chi connectivity index (χ1n) is 3.77. The third kappa shape index (κ3) is 1.36. The second-order valence-electron chi connectivity index (χ2n) is 3.07. The minimum atomic E-state index is -0.0434.